The second-order valence-corrected chi connectivity index (χ2v) is 6.42. The Morgan fingerprint density at radius 3 is 2.03 bits per heavy atom. The quantitative estimate of drug-likeness (QED) is 0.504. The number of benzene rings is 1. The average Bonchev–Trinajstić information content (AvgIpc) is 3.05. The summed E-state index contributed by atoms with van der Waals surface area (Å²) in [6, 6.07) is 0.889. The summed E-state index contributed by atoms with van der Waals surface area (Å²) in [4.78, 5) is 16.1. The molecule has 0 radical (unpaired) electrons. The van der Waals surface area contributed by atoms with Gasteiger partial charge >= 0.3 is 12.4 Å². The smallest absolute Gasteiger partial charge is 0.336 e. The fourth-order valence-electron chi connectivity index (χ4n) is 2.32. The molecule has 0 aliphatic rings. The van der Waals surface area contributed by atoms with Gasteiger partial charge in [0.05, 0.1) is 17.7 Å². The second kappa shape index (κ2) is 8.03. The Bertz CT molecular complexity index is 908. The summed E-state index contributed by atoms with van der Waals surface area (Å²) in [6.45, 7) is -0.238. The summed E-state index contributed by atoms with van der Waals surface area (Å²) in [5, 5.41) is 3.70. The van der Waals surface area contributed by atoms with Crippen LogP contribution in [0.25, 0.3) is 17.6 Å². The molecule has 0 fully saturated rings. The highest BCUT2D eigenvalue weighted by atomic mass is 19.4. The number of nitrogens with zero attached hydrogens (tertiary/aromatic N) is 4. The summed E-state index contributed by atoms with van der Waals surface area (Å²) >= 11 is 0. The number of hydrogen-bond donors (Lipinski definition) is 0. The highest BCUT2D eigenvalue weighted by molar-refractivity contribution is 5.89. The van der Waals surface area contributed by atoms with Crippen molar-refractivity contribution < 1.29 is 39.9 Å². The Balaban J connectivity index is 2.30. The molecule has 0 aliphatic carbocycles. The maximum absolute atomic E-state index is 12.9. The molecule has 0 N–H and O–H groups in total. The van der Waals surface area contributed by atoms with Crippen molar-refractivity contribution in [2.24, 2.45) is 0 Å². The van der Waals surface area contributed by atoms with E-state index in [0.29, 0.717) is 19.1 Å². The molecule has 0 unspecified atom stereocenters. The number of aromatic nitrogens is 3. The Hall–Kier alpha value is -2.99. The van der Waals surface area contributed by atoms with Crippen molar-refractivity contribution in [1.29, 1.82) is 0 Å². The first-order valence-electron chi connectivity index (χ1n) is 8.08. The molecule has 1 amide bonds. The molecule has 1 aromatic heterocycles. The van der Waals surface area contributed by atoms with E-state index >= 15 is 0 Å². The monoisotopic (exact) mass is 442 g/mol. The Morgan fingerprint density at radius 2 is 1.57 bits per heavy atom. The van der Waals surface area contributed by atoms with E-state index < -0.39 is 53.2 Å². The van der Waals surface area contributed by atoms with Gasteiger partial charge in [0.25, 0.3) is 5.92 Å². The number of amides is 1. The van der Waals surface area contributed by atoms with Gasteiger partial charge in [0.15, 0.2) is 5.82 Å². The first-order valence-corrected chi connectivity index (χ1v) is 8.08. The largest absolute Gasteiger partial charge is 0.416 e. The van der Waals surface area contributed by atoms with E-state index in [9.17, 15) is 39.9 Å². The van der Waals surface area contributed by atoms with Gasteiger partial charge in [0.2, 0.25) is 5.91 Å². The van der Waals surface area contributed by atoms with E-state index in [2.05, 4.69) is 10.1 Å². The molecule has 5 nitrogen and oxygen atoms in total. The molecule has 0 bridgehead atoms. The van der Waals surface area contributed by atoms with Crippen molar-refractivity contribution in [1.82, 2.24) is 19.7 Å². The van der Waals surface area contributed by atoms with Crippen LogP contribution < -0.4 is 0 Å². The summed E-state index contributed by atoms with van der Waals surface area (Å²) in [5.74, 6) is -4.41. The van der Waals surface area contributed by atoms with E-state index in [1.807, 2.05) is 0 Å². The number of hydrogen-bond acceptors (Lipinski definition) is 3. The maximum atomic E-state index is 12.9. The van der Waals surface area contributed by atoms with Gasteiger partial charge in [-0.15, -0.1) is 5.10 Å². The third-order valence-electron chi connectivity index (χ3n) is 3.62. The third-order valence-corrected chi connectivity index (χ3v) is 3.62. The molecular weight excluding hydrogens is 428 g/mol. The molecule has 0 saturated heterocycles. The Kier molecular flexibility index (Phi) is 6.23. The van der Waals surface area contributed by atoms with Gasteiger partial charge in [-0.2, -0.15) is 26.3 Å². The SMILES string of the molecule is CN(CC(C)(F)F)C(=O)/C=C\n1cnc(-c2cc(C(F)(F)F)cc(C(F)(F)F)c2)n1. The Morgan fingerprint density at radius 1 is 1.03 bits per heavy atom. The number of rotatable bonds is 5. The van der Waals surface area contributed by atoms with Gasteiger partial charge in [-0.25, -0.2) is 18.4 Å². The summed E-state index contributed by atoms with van der Waals surface area (Å²) in [5.41, 5.74) is -3.61. The van der Waals surface area contributed by atoms with Gasteiger partial charge in [-0.1, -0.05) is 0 Å². The van der Waals surface area contributed by atoms with Crippen LogP contribution in [0.15, 0.2) is 30.6 Å². The second-order valence-electron chi connectivity index (χ2n) is 6.42. The predicted molar refractivity (Wildman–Crippen MR) is 89.1 cm³/mol. The molecule has 1 heterocycles. The van der Waals surface area contributed by atoms with Crippen molar-refractivity contribution in [3.05, 3.63) is 41.7 Å². The van der Waals surface area contributed by atoms with Crippen LogP contribution in [-0.2, 0) is 17.1 Å². The van der Waals surface area contributed by atoms with Crippen LogP contribution in [0.2, 0.25) is 0 Å². The minimum absolute atomic E-state index is 0.0294. The standard InChI is InChI=1S/C17H14F8N4O/c1-15(18,19)8-28(2)13(30)3-4-29-9-26-14(27-29)10-5-11(16(20,21)22)7-12(6-10)17(23,24)25/h3-7,9H,8H2,1-2H3/b4-3-. The van der Waals surface area contributed by atoms with E-state index in [1.54, 1.807) is 0 Å². The van der Waals surface area contributed by atoms with E-state index in [4.69, 9.17) is 0 Å². The topological polar surface area (TPSA) is 51.0 Å². The van der Waals surface area contributed by atoms with E-state index in [-0.39, 0.29) is 6.07 Å². The average molecular weight is 442 g/mol. The summed E-state index contributed by atoms with van der Waals surface area (Å²) in [7, 11) is 1.12. The first-order chi connectivity index (χ1) is 13.6. The van der Waals surface area contributed by atoms with Crippen LogP contribution in [0.4, 0.5) is 35.1 Å². The normalized spacial score (nSPS) is 13.1. The highest BCUT2D eigenvalue weighted by Crippen LogP contribution is 2.38. The number of carbonyl (C=O) groups is 1. The molecule has 2 rings (SSSR count). The summed E-state index contributed by atoms with van der Waals surface area (Å²) in [6.07, 6.45) is -7.31. The van der Waals surface area contributed by atoms with Crippen molar-refractivity contribution in [3.8, 4) is 11.4 Å². The van der Waals surface area contributed by atoms with Crippen molar-refractivity contribution in [2.45, 2.75) is 25.2 Å². The molecule has 0 saturated carbocycles. The molecule has 2 aromatic rings. The number of likely N-dealkylation sites (N-methyl/N-ethyl adjacent to an activating group) is 1. The molecular formula is C17H14F8N4O. The van der Waals surface area contributed by atoms with E-state index in [1.165, 1.54) is 0 Å². The summed E-state index contributed by atoms with van der Waals surface area (Å²) < 4.78 is 104. The molecule has 0 spiro atoms. The van der Waals surface area contributed by atoms with Gasteiger partial charge in [-0.05, 0) is 18.2 Å². The lowest BCUT2D eigenvalue weighted by atomic mass is 10.0. The van der Waals surface area contributed by atoms with Gasteiger partial charge in [0.1, 0.15) is 6.33 Å². The third kappa shape index (κ3) is 6.26. The molecule has 30 heavy (non-hydrogen) atoms. The first kappa shape index (κ1) is 23.3. The molecule has 1 aromatic carbocycles. The zero-order valence-corrected chi connectivity index (χ0v) is 15.4. The number of carbonyl (C=O) groups excluding carboxylic acids is 1. The van der Waals surface area contributed by atoms with Crippen LogP contribution in [-0.4, -0.2) is 45.1 Å². The van der Waals surface area contributed by atoms with Crippen molar-refractivity contribution >= 4 is 12.1 Å². The minimum atomic E-state index is -5.03. The lowest BCUT2D eigenvalue weighted by Gasteiger charge is -2.19. The maximum Gasteiger partial charge on any atom is 0.416 e. The molecule has 0 atom stereocenters. The fourth-order valence-corrected chi connectivity index (χ4v) is 2.32. The molecule has 13 heteroatoms. The molecule has 164 valence electrons. The van der Waals surface area contributed by atoms with Crippen LogP contribution in [0.3, 0.4) is 0 Å². The van der Waals surface area contributed by atoms with Gasteiger partial charge in [0, 0.05) is 31.8 Å². The van der Waals surface area contributed by atoms with Crippen molar-refractivity contribution in [2.75, 3.05) is 13.6 Å². The predicted octanol–water partition coefficient (Wildman–Crippen LogP) is 4.57. The van der Waals surface area contributed by atoms with Gasteiger partial charge < -0.3 is 4.90 Å². The number of halogens is 8. The van der Waals surface area contributed by atoms with Gasteiger partial charge in [-0.3, -0.25) is 4.79 Å². The zero-order valence-electron chi connectivity index (χ0n) is 15.4. The lowest BCUT2D eigenvalue weighted by molar-refractivity contribution is -0.143. The van der Waals surface area contributed by atoms with Crippen LogP contribution in [0, 0.1) is 0 Å². The fraction of sp³-hybridized carbons (Fsp3) is 0.353. The lowest BCUT2D eigenvalue weighted by Crippen LogP contribution is -2.35. The van der Waals surface area contributed by atoms with Crippen LogP contribution in [0.1, 0.15) is 18.1 Å². The van der Waals surface area contributed by atoms with Crippen LogP contribution in [0.5, 0.6) is 0 Å². The highest BCUT2D eigenvalue weighted by Gasteiger charge is 2.37. The van der Waals surface area contributed by atoms with Crippen molar-refractivity contribution in [3.63, 3.8) is 0 Å². The van der Waals surface area contributed by atoms with E-state index in [0.717, 1.165) is 35.2 Å². The zero-order chi connectivity index (χ0) is 22.9. The van der Waals surface area contributed by atoms with Crippen LogP contribution >= 0.6 is 0 Å². The minimum Gasteiger partial charge on any atom is -0.336 e. The number of alkyl halides is 8. The molecule has 0 aliphatic heterocycles. The Labute approximate surface area is 164 Å².